The number of hydrogen-bond donors (Lipinski definition) is 1. The molecule has 2 saturated heterocycles. The highest BCUT2D eigenvalue weighted by Gasteiger charge is 2.46. The molecule has 0 bridgehead atoms. The van der Waals surface area contributed by atoms with E-state index >= 15 is 0 Å². The molecule has 0 radical (unpaired) electrons. The number of aliphatic hydroxyl groups is 1. The third kappa shape index (κ3) is 6.32. The van der Waals surface area contributed by atoms with E-state index in [-0.39, 0.29) is 11.1 Å². The molecule has 1 atom stereocenters. The predicted octanol–water partition coefficient (Wildman–Crippen LogP) is 4.87. The molecule has 2 heterocycles. The van der Waals surface area contributed by atoms with Gasteiger partial charge in [-0.25, -0.2) is 4.39 Å². The molecule has 2 fully saturated rings. The summed E-state index contributed by atoms with van der Waals surface area (Å²) in [6.45, 7) is 5.91. The summed E-state index contributed by atoms with van der Waals surface area (Å²) in [5.41, 5.74) is 2.00. The molecular weight excluding hydrogens is 539 g/mol. The molecule has 1 amide bonds. The van der Waals surface area contributed by atoms with Crippen LogP contribution in [0.5, 0.6) is 11.5 Å². The Morgan fingerprint density at radius 1 is 1.00 bits per heavy atom. The lowest BCUT2D eigenvalue weighted by atomic mass is 9.94. The summed E-state index contributed by atoms with van der Waals surface area (Å²) < 4.78 is 31.5. The summed E-state index contributed by atoms with van der Waals surface area (Å²) >= 11 is 0. The quantitative estimate of drug-likeness (QED) is 0.210. The summed E-state index contributed by atoms with van der Waals surface area (Å²) in [6.07, 6.45) is 0.623. The van der Waals surface area contributed by atoms with Gasteiger partial charge in [0.15, 0.2) is 11.5 Å². The van der Waals surface area contributed by atoms with E-state index in [4.69, 9.17) is 14.2 Å². The lowest BCUT2D eigenvalue weighted by molar-refractivity contribution is -0.140. The number of methoxy groups -OCH3 is 1. The molecule has 42 heavy (non-hydrogen) atoms. The largest absolute Gasteiger partial charge is 0.507 e. The molecule has 8 nitrogen and oxygen atoms in total. The van der Waals surface area contributed by atoms with Crippen LogP contribution >= 0.6 is 0 Å². The van der Waals surface area contributed by atoms with Crippen molar-refractivity contribution in [3.8, 4) is 11.5 Å². The first kappa shape index (κ1) is 29.3. The number of benzene rings is 3. The van der Waals surface area contributed by atoms with Crippen molar-refractivity contribution in [2.24, 2.45) is 0 Å². The van der Waals surface area contributed by atoms with Crippen LogP contribution in [0.15, 0.2) is 72.3 Å². The van der Waals surface area contributed by atoms with Gasteiger partial charge in [0.05, 0.1) is 31.9 Å². The van der Waals surface area contributed by atoms with Crippen molar-refractivity contribution in [3.05, 3.63) is 100 Å². The van der Waals surface area contributed by atoms with E-state index in [1.165, 1.54) is 30.2 Å². The lowest BCUT2D eigenvalue weighted by Gasteiger charge is -2.29. The molecule has 220 valence electrons. The van der Waals surface area contributed by atoms with Crippen molar-refractivity contribution in [2.75, 3.05) is 46.5 Å². The van der Waals surface area contributed by atoms with Crippen molar-refractivity contribution in [1.29, 1.82) is 0 Å². The molecule has 9 heteroatoms. The Bertz CT molecular complexity index is 1470. The molecule has 0 aromatic heterocycles. The van der Waals surface area contributed by atoms with Crippen LogP contribution in [0.25, 0.3) is 5.76 Å². The van der Waals surface area contributed by atoms with Gasteiger partial charge in [-0.3, -0.25) is 14.5 Å². The fraction of sp³-hybridized carbons (Fsp3) is 0.333. The Morgan fingerprint density at radius 2 is 1.76 bits per heavy atom. The van der Waals surface area contributed by atoms with Gasteiger partial charge in [0.1, 0.15) is 18.2 Å². The monoisotopic (exact) mass is 574 g/mol. The minimum atomic E-state index is -0.892. The van der Waals surface area contributed by atoms with Crippen LogP contribution in [0.4, 0.5) is 4.39 Å². The van der Waals surface area contributed by atoms with E-state index in [0.29, 0.717) is 55.4 Å². The number of amides is 1. The number of aryl methyl sites for hydroxylation is 1. The third-order valence-electron chi connectivity index (χ3n) is 7.70. The van der Waals surface area contributed by atoms with Gasteiger partial charge in [-0.1, -0.05) is 48.5 Å². The van der Waals surface area contributed by atoms with Crippen LogP contribution < -0.4 is 9.47 Å². The van der Waals surface area contributed by atoms with Crippen LogP contribution in [0.3, 0.4) is 0 Å². The Morgan fingerprint density at radius 3 is 2.48 bits per heavy atom. The predicted molar refractivity (Wildman–Crippen MR) is 156 cm³/mol. The molecule has 0 aliphatic carbocycles. The van der Waals surface area contributed by atoms with Crippen molar-refractivity contribution in [1.82, 2.24) is 9.80 Å². The van der Waals surface area contributed by atoms with E-state index in [2.05, 4.69) is 4.90 Å². The minimum absolute atomic E-state index is 0.0883. The minimum Gasteiger partial charge on any atom is -0.507 e. The first-order chi connectivity index (χ1) is 20.4. The van der Waals surface area contributed by atoms with Gasteiger partial charge in [-0.05, 0) is 48.2 Å². The van der Waals surface area contributed by atoms with Crippen molar-refractivity contribution < 1.29 is 33.3 Å². The number of ether oxygens (including phenoxy) is 3. The van der Waals surface area contributed by atoms with Gasteiger partial charge in [0, 0.05) is 31.7 Å². The average Bonchev–Trinajstić information content (AvgIpc) is 3.27. The molecule has 3 aromatic carbocycles. The maximum absolute atomic E-state index is 14.4. The number of likely N-dealkylation sites (tertiary alicyclic amines) is 1. The standard InChI is InChI=1S/C33H35FN2O6/c1-22-9-10-25(19-26(22)34)31(37)29-30(36(33(39)32(29)38)14-6-13-35-15-17-41-18-16-35)24-11-12-27(28(20-24)40-2)42-21-23-7-4-3-5-8-23/h3-5,7-12,19-20,30,37H,6,13-18,21H2,1-2H3/b31-29-. The van der Waals surface area contributed by atoms with Crippen molar-refractivity contribution in [2.45, 2.75) is 26.0 Å². The number of aliphatic hydroxyl groups excluding tert-OH is 1. The van der Waals surface area contributed by atoms with E-state index in [1.807, 2.05) is 30.3 Å². The zero-order chi connectivity index (χ0) is 29.6. The Hall–Kier alpha value is -4.21. The molecule has 2 aliphatic rings. The number of nitrogens with zero attached hydrogens (tertiary/aromatic N) is 2. The molecule has 0 spiro atoms. The second-order valence-electron chi connectivity index (χ2n) is 10.4. The number of carbonyl (C=O) groups is 2. The first-order valence-corrected chi connectivity index (χ1v) is 14.1. The van der Waals surface area contributed by atoms with Crippen LogP contribution in [0.1, 0.15) is 34.7 Å². The average molecular weight is 575 g/mol. The second kappa shape index (κ2) is 13.2. The Balaban J connectivity index is 1.49. The fourth-order valence-corrected chi connectivity index (χ4v) is 5.35. The van der Waals surface area contributed by atoms with E-state index in [0.717, 1.165) is 25.2 Å². The maximum atomic E-state index is 14.4. The Labute approximate surface area is 244 Å². The summed E-state index contributed by atoms with van der Waals surface area (Å²) in [7, 11) is 1.52. The molecule has 0 saturated carbocycles. The molecule has 5 rings (SSSR count). The number of morpholine rings is 1. The smallest absolute Gasteiger partial charge is 0.295 e. The molecule has 1 N–H and O–H groups in total. The van der Waals surface area contributed by atoms with Crippen LogP contribution in [0, 0.1) is 12.7 Å². The fourth-order valence-electron chi connectivity index (χ4n) is 5.35. The first-order valence-electron chi connectivity index (χ1n) is 14.1. The number of ketones is 1. The lowest BCUT2D eigenvalue weighted by Crippen LogP contribution is -2.39. The zero-order valence-electron chi connectivity index (χ0n) is 23.8. The summed E-state index contributed by atoms with van der Waals surface area (Å²) in [5.74, 6) is -1.54. The second-order valence-corrected chi connectivity index (χ2v) is 10.4. The number of Topliss-reactive ketones (excluding diaryl/α,β-unsaturated/α-hetero) is 1. The molecular formula is C33H35FN2O6. The highest BCUT2D eigenvalue weighted by atomic mass is 19.1. The summed E-state index contributed by atoms with van der Waals surface area (Å²) in [6, 6.07) is 18.3. The summed E-state index contributed by atoms with van der Waals surface area (Å²) in [5, 5.41) is 11.3. The highest BCUT2D eigenvalue weighted by Crippen LogP contribution is 2.42. The SMILES string of the molecule is COc1cc(C2/C(=C(/O)c3ccc(C)c(F)c3)C(=O)C(=O)N2CCCN2CCOCC2)ccc1OCc1ccccc1. The van der Waals surface area contributed by atoms with Crippen LogP contribution in [-0.4, -0.2) is 73.1 Å². The third-order valence-corrected chi connectivity index (χ3v) is 7.70. The normalized spacial score (nSPS) is 18.8. The van der Waals surface area contributed by atoms with Crippen LogP contribution in [-0.2, 0) is 20.9 Å². The van der Waals surface area contributed by atoms with Gasteiger partial charge in [-0.15, -0.1) is 0 Å². The molecule has 2 aliphatic heterocycles. The zero-order valence-corrected chi connectivity index (χ0v) is 23.8. The van der Waals surface area contributed by atoms with Crippen molar-refractivity contribution in [3.63, 3.8) is 0 Å². The van der Waals surface area contributed by atoms with E-state index < -0.39 is 29.3 Å². The number of carbonyl (C=O) groups excluding carboxylic acids is 2. The van der Waals surface area contributed by atoms with E-state index in [1.54, 1.807) is 25.1 Å². The van der Waals surface area contributed by atoms with Gasteiger partial charge in [-0.2, -0.15) is 0 Å². The highest BCUT2D eigenvalue weighted by molar-refractivity contribution is 6.46. The van der Waals surface area contributed by atoms with Crippen LogP contribution in [0.2, 0.25) is 0 Å². The molecule has 1 unspecified atom stereocenters. The van der Waals surface area contributed by atoms with Gasteiger partial charge >= 0.3 is 0 Å². The van der Waals surface area contributed by atoms with E-state index in [9.17, 15) is 19.1 Å². The van der Waals surface area contributed by atoms with Gasteiger partial charge < -0.3 is 24.2 Å². The van der Waals surface area contributed by atoms with Crippen molar-refractivity contribution >= 4 is 17.4 Å². The maximum Gasteiger partial charge on any atom is 0.295 e. The molecule has 3 aromatic rings. The Kier molecular flexibility index (Phi) is 9.19. The van der Waals surface area contributed by atoms with Gasteiger partial charge in [0.2, 0.25) is 0 Å². The number of hydrogen-bond acceptors (Lipinski definition) is 7. The summed E-state index contributed by atoms with van der Waals surface area (Å²) in [4.78, 5) is 30.6. The topological polar surface area (TPSA) is 88.5 Å². The number of rotatable bonds is 10. The number of halogens is 1. The van der Waals surface area contributed by atoms with Gasteiger partial charge in [0.25, 0.3) is 11.7 Å².